The summed E-state index contributed by atoms with van der Waals surface area (Å²) in [6.07, 6.45) is 2.81. The third kappa shape index (κ3) is 5.09. The van der Waals surface area contributed by atoms with Crippen molar-refractivity contribution >= 4 is 22.4 Å². The van der Waals surface area contributed by atoms with Crippen LogP contribution in [0.4, 0.5) is 0 Å². The minimum atomic E-state index is -3.16. The Morgan fingerprint density at radius 3 is 2.76 bits per heavy atom. The number of sulfonamides is 1. The largest absolute Gasteiger partial charge is 0.377 e. The summed E-state index contributed by atoms with van der Waals surface area (Å²) in [4.78, 5) is 0. The first kappa shape index (κ1) is 15.2. The van der Waals surface area contributed by atoms with Crippen LogP contribution in [0.1, 0.15) is 19.3 Å². The summed E-state index contributed by atoms with van der Waals surface area (Å²) in [7, 11) is -3.16. The molecule has 0 aromatic carbocycles. The van der Waals surface area contributed by atoms with Crippen LogP contribution in [0.15, 0.2) is 0 Å². The van der Waals surface area contributed by atoms with Gasteiger partial charge in [0.2, 0.25) is 10.0 Å². The van der Waals surface area contributed by atoms with Crippen LogP contribution in [0.3, 0.4) is 0 Å². The van der Waals surface area contributed by atoms with Crippen LogP contribution in [0.25, 0.3) is 0 Å². The maximum atomic E-state index is 11.7. The van der Waals surface area contributed by atoms with Gasteiger partial charge < -0.3 is 10.1 Å². The van der Waals surface area contributed by atoms with Crippen molar-refractivity contribution in [1.82, 2.24) is 10.0 Å². The second-order valence-corrected chi connectivity index (χ2v) is 6.48. The number of halogens is 1. The molecule has 2 N–H and O–H groups in total. The maximum Gasteiger partial charge on any atom is 0.214 e. The van der Waals surface area contributed by atoms with Crippen LogP contribution in [0.5, 0.6) is 0 Å². The zero-order valence-corrected chi connectivity index (χ0v) is 11.5. The Labute approximate surface area is 109 Å². The number of ether oxygens (including phenoxy) is 1. The smallest absolute Gasteiger partial charge is 0.214 e. The molecule has 2 aliphatic rings. The average molecular weight is 285 g/mol. The topological polar surface area (TPSA) is 67.4 Å². The van der Waals surface area contributed by atoms with Gasteiger partial charge in [0.05, 0.1) is 11.9 Å². The fraction of sp³-hybridized carbons (Fsp3) is 1.00. The zero-order valence-electron chi connectivity index (χ0n) is 9.85. The monoisotopic (exact) mass is 284 g/mol. The van der Waals surface area contributed by atoms with Crippen molar-refractivity contribution in [3.05, 3.63) is 0 Å². The zero-order chi connectivity index (χ0) is 11.4. The Morgan fingerprint density at radius 1 is 1.35 bits per heavy atom. The first-order chi connectivity index (χ1) is 7.66. The molecule has 102 valence electrons. The molecule has 0 bridgehead atoms. The van der Waals surface area contributed by atoms with Gasteiger partial charge in [0.1, 0.15) is 0 Å². The van der Waals surface area contributed by atoms with Crippen molar-refractivity contribution < 1.29 is 13.2 Å². The molecule has 7 heteroatoms. The predicted molar refractivity (Wildman–Crippen MR) is 69.0 cm³/mol. The van der Waals surface area contributed by atoms with Crippen molar-refractivity contribution in [2.45, 2.75) is 25.4 Å². The minimum absolute atomic E-state index is 0. The molecular weight excluding hydrogens is 264 g/mol. The Balaban J connectivity index is 0.00000144. The van der Waals surface area contributed by atoms with Crippen LogP contribution < -0.4 is 10.0 Å². The van der Waals surface area contributed by atoms with Gasteiger partial charge in [-0.25, -0.2) is 13.1 Å². The molecule has 0 aromatic rings. The standard InChI is InChI=1S/C10H20N2O3S.ClH/c13-16(14,8-10-2-1-5-15-10)12-7-9-3-4-11-6-9;/h9-12H,1-8H2;1H. The highest BCUT2D eigenvalue weighted by molar-refractivity contribution is 7.89. The van der Waals surface area contributed by atoms with Gasteiger partial charge in [-0.15, -0.1) is 12.4 Å². The lowest BCUT2D eigenvalue weighted by atomic mass is 10.1. The van der Waals surface area contributed by atoms with E-state index in [1.54, 1.807) is 0 Å². The quantitative estimate of drug-likeness (QED) is 0.752. The van der Waals surface area contributed by atoms with Crippen molar-refractivity contribution in [3.8, 4) is 0 Å². The lowest BCUT2D eigenvalue weighted by Gasteiger charge is -2.13. The lowest BCUT2D eigenvalue weighted by molar-refractivity contribution is 0.127. The summed E-state index contributed by atoms with van der Waals surface area (Å²) in [6.45, 7) is 3.18. The van der Waals surface area contributed by atoms with E-state index in [2.05, 4.69) is 10.0 Å². The molecule has 0 aliphatic carbocycles. The Morgan fingerprint density at radius 2 is 2.18 bits per heavy atom. The lowest BCUT2D eigenvalue weighted by Crippen LogP contribution is -2.35. The number of hydrogen-bond acceptors (Lipinski definition) is 4. The highest BCUT2D eigenvalue weighted by Gasteiger charge is 2.24. The molecule has 0 amide bonds. The van der Waals surface area contributed by atoms with E-state index in [9.17, 15) is 8.42 Å². The molecule has 2 atom stereocenters. The van der Waals surface area contributed by atoms with E-state index >= 15 is 0 Å². The summed E-state index contributed by atoms with van der Waals surface area (Å²) >= 11 is 0. The van der Waals surface area contributed by atoms with Gasteiger partial charge in [-0.1, -0.05) is 0 Å². The van der Waals surface area contributed by atoms with E-state index in [1.165, 1.54) is 0 Å². The van der Waals surface area contributed by atoms with E-state index in [0.29, 0.717) is 19.1 Å². The predicted octanol–water partition coefficient (Wildman–Crippen LogP) is 0.116. The molecule has 2 heterocycles. The van der Waals surface area contributed by atoms with Gasteiger partial charge in [0, 0.05) is 13.2 Å². The van der Waals surface area contributed by atoms with Gasteiger partial charge in [-0.05, 0) is 38.3 Å². The van der Waals surface area contributed by atoms with Gasteiger partial charge in [0.25, 0.3) is 0 Å². The van der Waals surface area contributed by atoms with Gasteiger partial charge in [-0.2, -0.15) is 0 Å². The van der Waals surface area contributed by atoms with Gasteiger partial charge >= 0.3 is 0 Å². The second kappa shape index (κ2) is 6.89. The SMILES string of the molecule is Cl.O=S(=O)(CC1CCCO1)NCC1CCNC1. The van der Waals surface area contributed by atoms with Crippen LogP contribution >= 0.6 is 12.4 Å². The third-order valence-corrected chi connectivity index (χ3v) is 4.60. The van der Waals surface area contributed by atoms with Crippen molar-refractivity contribution in [3.63, 3.8) is 0 Å². The van der Waals surface area contributed by atoms with Crippen LogP contribution in [0, 0.1) is 5.92 Å². The van der Waals surface area contributed by atoms with Crippen LogP contribution in [0.2, 0.25) is 0 Å². The number of nitrogens with one attached hydrogen (secondary N) is 2. The Hall–Kier alpha value is 0.120. The summed E-state index contributed by atoms with van der Waals surface area (Å²) in [5, 5.41) is 3.22. The molecule has 2 rings (SSSR count). The van der Waals surface area contributed by atoms with E-state index < -0.39 is 10.0 Å². The summed E-state index contributed by atoms with van der Waals surface area (Å²) < 4.78 is 31.5. The number of rotatable bonds is 5. The van der Waals surface area contributed by atoms with E-state index in [4.69, 9.17) is 4.74 Å². The second-order valence-electron chi connectivity index (χ2n) is 4.62. The highest BCUT2D eigenvalue weighted by Crippen LogP contribution is 2.14. The fourth-order valence-corrected chi connectivity index (χ4v) is 3.57. The molecule has 2 aliphatic heterocycles. The normalized spacial score (nSPS) is 29.2. The van der Waals surface area contributed by atoms with Gasteiger partial charge in [0.15, 0.2) is 0 Å². The van der Waals surface area contributed by atoms with Crippen molar-refractivity contribution in [2.24, 2.45) is 5.92 Å². The molecule has 0 spiro atoms. The summed E-state index contributed by atoms with van der Waals surface area (Å²) in [6, 6.07) is 0. The maximum absolute atomic E-state index is 11.7. The van der Waals surface area contributed by atoms with E-state index in [-0.39, 0.29) is 24.3 Å². The highest BCUT2D eigenvalue weighted by atomic mass is 35.5. The van der Waals surface area contributed by atoms with Gasteiger partial charge in [-0.3, -0.25) is 0 Å². The molecule has 0 saturated carbocycles. The van der Waals surface area contributed by atoms with Crippen molar-refractivity contribution in [2.75, 3.05) is 32.0 Å². The minimum Gasteiger partial charge on any atom is -0.377 e. The Kier molecular flexibility index (Phi) is 6.16. The molecule has 2 fully saturated rings. The Bertz CT molecular complexity index is 312. The average Bonchev–Trinajstić information content (AvgIpc) is 2.85. The summed E-state index contributed by atoms with van der Waals surface area (Å²) in [5.41, 5.74) is 0. The molecule has 2 unspecified atom stereocenters. The molecule has 17 heavy (non-hydrogen) atoms. The fourth-order valence-electron chi connectivity index (χ4n) is 2.21. The van der Waals surface area contributed by atoms with Crippen molar-refractivity contribution in [1.29, 1.82) is 0 Å². The first-order valence-corrected chi connectivity index (χ1v) is 7.60. The van der Waals surface area contributed by atoms with Crippen LogP contribution in [-0.2, 0) is 14.8 Å². The van der Waals surface area contributed by atoms with Crippen LogP contribution in [-0.4, -0.2) is 46.5 Å². The molecule has 2 saturated heterocycles. The van der Waals surface area contributed by atoms with E-state index in [1.807, 2.05) is 0 Å². The molecule has 0 aromatic heterocycles. The van der Waals surface area contributed by atoms with E-state index in [0.717, 1.165) is 32.4 Å². The molecule has 0 radical (unpaired) electrons. The third-order valence-electron chi connectivity index (χ3n) is 3.18. The summed E-state index contributed by atoms with van der Waals surface area (Å²) in [5.74, 6) is 0.562. The first-order valence-electron chi connectivity index (χ1n) is 5.95. The number of hydrogen-bond donors (Lipinski definition) is 2. The molecule has 5 nitrogen and oxygen atoms in total. The molecular formula is C10H21ClN2O3S.